The van der Waals surface area contributed by atoms with Crippen molar-refractivity contribution in [1.29, 1.82) is 0 Å². The molecule has 1 aliphatic heterocycles. The number of aromatic nitrogens is 2. The third kappa shape index (κ3) is 2.97. The lowest BCUT2D eigenvalue weighted by molar-refractivity contribution is 0.222. The highest BCUT2D eigenvalue weighted by atomic mass is 19.1. The topological polar surface area (TPSA) is 55.3 Å². The van der Waals surface area contributed by atoms with Crippen molar-refractivity contribution in [2.24, 2.45) is 0 Å². The third-order valence-corrected chi connectivity index (χ3v) is 4.35. The van der Waals surface area contributed by atoms with Gasteiger partial charge < -0.3 is 8.94 Å². The SMILES string of the molecule is Cc1cc(-c2noc(CN3CCCc4occc4C3)n2)ccc1F. The van der Waals surface area contributed by atoms with Crippen molar-refractivity contribution in [3.05, 3.63) is 59.1 Å². The molecule has 0 aliphatic carbocycles. The van der Waals surface area contributed by atoms with Crippen LogP contribution < -0.4 is 0 Å². The molecule has 1 aliphatic rings. The van der Waals surface area contributed by atoms with Crippen molar-refractivity contribution in [1.82, 2.24) is 15.0 Å². The van der Waals surface area contributed by atoms with Gasteiger partial charge in [-0.3, -0.25) is 4.90 Å². The first-order valence-electron chi connectivity index (χ1n) is 8.06. The van der Waals surface area contributed by atoms with Crippen molar-refractivity contribution in [2.75, 3.05) is 6.54 Å². The summed E-state index contributed by atoms with van der Waals surface area (Å²) in [5.74, 6) is 1.90. The van der Waals surface area contributed by atoms with Gasteiger partial charge >= 0.3 is 0 Å². The van der Waals surface area contributed by atoms with Gasteiger partial charge in [0.25, 0.3) is 0 Å². The summed E-state index contributed by atoms with van der Waals surface area (Å²) in [7, 11) is 0. The molecule has 0 radical (unpaired) electrons. The number of rotatable bonds is 3. The van der Waals surface area contributed by atoms with Gasteiger partial charge in [-0.25, -0.2) is 4.39 Å². The molecule has 0 bridgehead atoms. The summed E-state index contributed by atoms with van der Waals surface area (Å²) in [6.07, 6.45) is 3.75. The van der Waals surface area contributed by atoms with Crippen molar-refractivity contribution in [3.8, 4) is 11.4 Å². The summed E-state index contributed by atoms with van der Waals surface area (Å²) in [5.41, 5.74) is 2.55. The van der Waals surface area contributed by atoms with Crippen LogP contribution in [0.5, 0.6) is 0 Å². The Hall–Kier alpha value is -2.47. The van der Waals surface area contributed by atoms with Crippen molar-refractivity contribution in [3.63, 3.8) is 0 Å². The lowest BCUT2D eigenvalue weighted by Crippen LogP contribution is -2.22. The molecule has 0 atom stereocenters. The molecule has 0 amide bonds. The van der Waals surface area contributed by atoms with Crippen LogP contribution in [0.15, 0.2) is 39.5 Å². The van der Waals surface area contributed by atoms with Gasteiger partial charge in [-0.05, 0) is 49.7 Å². The maximum absolute atomic E-state index is 13.4. The number of nitrogens with zero attached hydrogens (tertiary/aromatic N) is 3. The first-order valence-corrected chi connectivity index (χ1v) is 8.06. The maximum Gasteiger partial charge on any atom is 0.241 e. The highest BCUT2D eigenvalue weighted by Crippen LogP contribution is 2.22. The largest absolute Gasteiger partial charge is 0.469 e. The smallest absolute Gasteiger partial charge is 0.241 e. The fraction of sp³-hybridized carbons (Fsp3) is 0.333. The summed E-state index contributed by atoms with van der Waals surface area (Å²) in [6, 6.07) is 6.85. The second kappa shape index (κ2) is 6.20. The monoisotopic (exact) mass is 327 g/mol. The average molecular weight is 327 g/mol. The predicted molar refractivity (Wildman–Crippen MR) is 85.6 cm³/mol. The van der Waals surface area contributed by atoms with E-state index >= 15 is 0 Å². The van der Waals surface area contributed by atoms with E-state index in [9.17, 15) is 4.39 Å². The molecule has 0 saturated carbocycles. The second-order valence-electron chi connectivity index (χ2n) is 6.16. The van der Waals surface area contributed by atoms with E-state index in [1.807, 2.05) is 6.07 Å². The van der Waals surface area contributed by atoms with Gasteiger partial charge in [-0.1, -0.05) is 5.16 Å². The number of hydrogen-bond donors (Lipinski definition) is 0. The van der Waals surface area contributed by atoms with Gasteiger partial charge in [-0.2, -0.15) is 4.98 Å². The van der Waals surface area contributed by atoms with E-state index in [0.29, 0.717) is 23.8 Å². The zero-order valence-corrected chi connectivity index (χ0v) is 13.5. The number of fused-ring (bicyclic) bond motifs is 1. The molecule has 4 rings (SSSR count). The van der Waals surface area contributed by atoms with Gasteiger partial charge in [0.05, 0.1) is 12.8 Å². The molecule has 0 fully saturated rings. The lowest BCUT2D eigenvalue weighted by Gasteiger charge is -2.16. The van der Waals surface area contributed by atoms with Crippen LogP contribution in [0.3, 0.4) is 0 Å². The molecule has 6 heteroatoms. The molecule has 3 heterocycles. The van der Waals surface area contributed by atoms with Crippen LogP contribution in [0.4, 0.5) is 4.39 Å². The summed E-state index contributed by atoms with van der Waals surface area (Å²) in [4.78, 5) is 6.73. The standard InChI is InChI=1S/C18H18FN3O2/c1-12-9-13(4-5-15(12)19)18-20-17(24-21-18)11-22-7-2-3-16-14(10-22)6-8-23-16/h4-6,8-9H,2-3,7,10-11H2,1H3. The first kappa shape index (κ1) is 15.1. The fourth-order valence-corrected chi connectivity index (χ4v) is 3.06. The molecular formula is C18H18FN3O2. The number of benzene rings is 1. The Balaban J connectivity index is 1.50. The number of hydrogen-bond acceptors (Lipinski definition) is 5. The molecule has 124 valence electrons. The zero-order chi connectivity index (χ0) is 16.5. The van der Waals surface area contributed by atoms with E-state index in [-0.39, 0.29) is 5.82 Å². The van der Waals surface area contributed by atoms with Crippen LogP contribution in [-0.4, -0.2) is 21.6 Å². The zero-order valence-electron chi connectivity index (χ0n) is 13.5. The van der Waals surface area contributed by atoms with Gasteiger partial charge in [0.2, 0.25) is 11.7 Å². The molecule has 5 nitrogen and oxygen atoms in total. The molecule has 1 aromatic carbocycles. The number of aryl methyl sites for hydroxylation is 2. The second-order valence-corrected chi connectivity index (χ2v) is 6.16. The van der Waals surface area contributed by atoms with Crippen LogP contribution in [-0.2, 0) is 19.5 Å². The van der Waals surface area contributed by atoms with E-state index in [0.717, 1.165) is 37.3 Å². The molecular weight excluding hydrogens is 309 g/mol. The lowest BCUT2D eigenvalue weighted by atomic mass is 10.1. The van der Waals surface area contributed by atoms with Crippen molar-refractivity contribution in [2.45, 2.75) is 32.9 Å². The van der Waals surface area contributed by atoms with E-state index in [2.05, 4.69) is 15.0 Å². The van der Waals surface area contributed by atoms with Crippen LogP contribution in [0.2, 0.25) is 0 Å². The molecule has 0 N–H and O–H groups in total. The van der Waals surface area contributed by atoms with E-state index in [1.54, 1.807) is 25.3 Å². The highest BCUT2D eigenvalue weighted by Gasteiger charge is 2.19. The predicted octanol–water partition coefficient (Wildman–Crippen LogP) is 3.73. The maximum atomic E-state index is 13.4. The Bertz CT molecular complexity index is 856. The summed E-state index contributed by atoms with van der Waals surface area (Å²) in [6.45, 7) is 4.09. The Morgan fingerprint density at radius 1 is 1.29 bits per heavy atom. The fourth-order valence-electron chi connectivity index (χ4n) is 3.06. The molecule has 24 heavy (non-hydrogen) atoms. The summed E-state index contributed by atoms with van der Waals surface area (Å²) < 4.78 is 24.3. The van der Waals surface area contributed by atoms with Crippen molar-refractivity contribution < 1.29 is 13.3 Å². The normalized spacial score (nSPS) is 15.2. The molecule has 0 saturated heterocycles. The van der Waals surface area contributed by atoms with E-state index in [4.69, 9.17) is 8.94 Å². The molecule has 0 unspecified atom stereocenters. The molecule has 3 aromatic rings. The Morgan fingerprint density at radius 3 is 3.08 bits per heavy atom. The average Bonchev–Trinajstić information content (AvgIpc) is 3.16. The quantitative estimate of drug-likeness (QED) is 0.734. The van der Waals surface area contributed by atoms with E-state index in [1.165, 1.54) is 11.6 Å². The first-order chi connectivity index (χ1) is 11.7. The number of furan rings is 1. The third-order valence-electron chi connectivity index (χ3n) is 4.35. The Labute approximate surface area is 139 Å². The Morgan fingerprint density at radius 2 is 2.21 bits per heavy atom. The van der Waals surface area contributed by atoms with E-state index < -0.39 is 0 Å². The molecule has 0 spiro atoms. The Kier molecular flexibility index (Phi) is 3.90. The van der Waals surface area contributed by atoms with Crippen LogP contribution in [0, 0.1) is 12.7 Å². The minimum atomic E-state index is -0.233. The summed E-state index contributed by atoms with van der Waals surface area (Å²) >= 11 is 0. The molecule has 2 aromatic heterocycles. The van der Waals surface area contributed by atoms with Crippen LogP contribution in [0.25, 0.3) is 11.4 Å². The van der Waals surface area contributed by atoms with Crippen LogP contribution in [0.1, 0.15) is 29.2 Å². The number of halogens is 1. The van der Waals surface area contributed by atoms with Crippen molar-refractivity contribution >= 4 is 0 Å². The van der Waals surface area contributed by atoms with Gasteiger partial charge in [0, 0.05) is 24.1 Å². The minimum Gasteiger partial charge on any atom is -0.469 e. The van der Waals surface area contributed by atoms with Crippen LogP contribution >= 0.6 is 0 Å². The highest BCUT2D eigenvalue weighted by molar-refractivity contribution is 5.55. The van der Waals surface area contributed by atoms with Gasteiger partial charge in [-0.15, -0.1) is 0 Å². The van der Waals surface area contributed by atoms with Gasteiger partial charge in [0.1, 0.15) is 11.6 Å². The summed E-state index contributed by atoms with van der Waals surface area (Å²) in [5, 5.41) is 4.03. The van der Waals surface area contributed by atoms with Gasteiger partial charge in [0.15, 0.2) is 0 Å². The minimum absolute atomic E-state index is 0.233.